The first kappa shape index (κ1) is 25.8. The minimum atomic E-state index is -0.592. The molecule has 0 spiro atoms. The molecule has 0 aliphatic carbocycles. The number of anilines is 1. The number of ether oxygens (including phenoxy) is 1. The fraction of sp³-hybridized carbons (Fsp3) is 0.379. The minimum Gasteiger partial charge on any atom is -0.376 e. The van der Waals surface area contributed by atoms with Gasteiger partial charge < -0.3 is 19.4 Å². The molecule has 0 bridgehead atoms. The van der Waals surface area contributed by atoms with Crippen molar-refractivity contribution in [3.05, 3.63) is 77.6 Å². The van der Waals surface area contributed by atoms with Gasteiger partial charge in [0.05, 0.1) is 17.4 Å². The van der Waals surface area contributed by atoms with Crippen molar-refractivity contribution in [2.45, 2.75) is 25.9 Å². The third-order valence-corrected chi connectivity index (χ3v) is 7.12. The molecule has 2 saturated heterocycles. The molecule has 38 heavy (non-hydrogen) atoms. The molecular weight excluding hydrogens is 485 g/mol. The van der Waals surface area contributed by atoms with Gasteiger partial charge in [0, 0.05) is 44.9 Å². The lowest BCUT2D eigenvalue weighted by molar-refractivity contribution is -0.132. The van der Waals surface area contributed by atoms with E-state index in [1.54, 1.807) is 17.0 Å². The van der Waals surface area contributed by atoms with Gasteiger partial charge in [-0.1, -0.05) is 42.0 Å². The van der Waals surface area contributed by atoms with E-state index in [1.165, 1.54) is 22.6 Å². The fourth-order valence-electron chi connectivity index (χ4n) is 4.88. The molecule has 2 aromatic carbocycles. The number of piperazine rings is 1. The maximum atomic E-state index is 14.4. The zero-order chi connectivity index (χ0) is 26.5. The van der Waals surface area contributed by atoms with Crippen molar-refractivity contribution in [2.75, 3.05) is 50.8 Å². The largest absolute Gasteiger partial charge is 0.376 e. The van der Waals surface area contributed by atoms with Crippen LogP contribution in [0.3, 0.4) is 0 Å². The molecule has 0 unspecified atom stereocenters. The Morgan fingerprint density at radius 1 is 1.00 bits per heavy atom. The Labute approximate surface area is 222 Å². The average Bonchev–Trinajstić information content (AvgIpc) is 3.46. The first-order chi connectivity index (χ1) is 18.5. The molecule has 2 amide bonds. The smallest absolute Gasteiger partial charge is 0.257 e. The lowest BCUT2D eigenvalue weighted by Gasteiger charge is -2.36. The van der Waals surface area contributed by atoms with Crippen LogP contribution >= 0.6 is 0 Å². The third kappa shape index (κ3) is 5.99. The number of benzene rings is 2. The molecule has 0 N–H and O–H groups in total. The highest BCUT2D eigenvalue weighted by Crippen LogP contribution is 2.21. The van der Waals surface area contributed by atoms with Gasteiger partial charge in [-0.05, 0) is 44.0 Å². The summed E-state index contributed by atoms with van der Waals surface area (Å²) < 4.78 is 20.1. The monoisotopic (exact) mass is 517 g/mol. The zero-order valence-electron chi connectivity index (χ0n) is 21.6. The standard InChI is InChI=1S/C29H32FN5O3/c1-21-8-10-22(11-9-21)26-12-13-27(32-31-26)33-14-16-34(17-15-33)28(36)20-35(19-23-5-4-18-38-23)29(37)24-6-2-3-7-25(24)30/h2-3,6-13,23H,4-5,14-20H2,1H3/t23-/m0/s1. The lowest BCUT2D eigenvalue weighted by atomic mass is 10.1. The Hall–Kier alpha value is -3.85. The van der Waals surface area contributed by atoms with Crippen LogP contribution in [0.1, 0.15) is 28.8 Å². The van der Waals surface area contributed by atoms with E-state index in [4.69, 9.17) is 4.74 Å². The highest BCUT2D eigenvalue weighted by atomic mass is 19.1. The van der Waals surface area contributed by atoms with Gasteiger partial charge in [0.25, 0.3) is 5.91 Å². The summed E-state index contributed by atoms with van der Waals surface area (Å²) in [6.07, 6.45) is 1.59. The summed E-state index contributed by atoms with van der Waals surface area (Å²) in [5.41, 5.74) is 2.99. The predicted molar refractivity (Wildman–Crippen MR) is 142 cm³/mol. The highest BCUT2D eigenvalue weighted by molar-refractivity contribution is 5.96. The van der Waals surface area contributed by atoms with E-state index in [0.717, 1.165) is 29.9 Å². The van der Waals surface area contributed by atoms with Gasteiger partial charge in [0.2, 0.25) is 5.91 Å². The van der Waals surface area contributed by atoms with Crippen molar-refractivity contribution in [1.82, 2.24) is 20.0 Å². The average molecular weight is 518 g/mol. The number of carbonyl (C=O) groups excluding carboxylic acids is 2. The third-order valence-electron chi connectivity index (χ3n) is 7.12. The molecule has 2 fully saturated rings. The summed E-state index contributed by atoms with van der Waals surface area (Å²) >= 11 is 0. The molecule has 8 nitrogen and oxygen atoms in total. The van der Waals surface area contributed by atoms with E-state index in [9.17, 15) is 14.0 Å². The van der Waals surface area contributed by atoms with Crippen molar-refractivity contribution in [3.8, 4) is 11.3 Å². The Bertz CT molecular complexity index is 1250. The van der Waals surface area contributed by atoms with Crippen LogP contribution in [0.2, 0.25) is 0 Å². The molecule has 1 atom stereocenters. The van der Waals surface area contributed by atoms with Crippen molar-refractivity contribution < 1.29 is 18.7 Å². The van der Waals surface area contributed by atoms with Crippen molar-refractivity contribution in [2.24, 2.45) is 0 Å². The summed E-state index contributed by atoms with van der Waals surface area (Å²) in [5.74, 6) is -0.476. The Balaban J connectivity index is 1.20. The van der Waals surface area contributed by atoms with E-state index in [2.05, 4.69) is 15.1 Å². The number of carbonyl (C=O) groups is 2. The van der Waals surface area contributed by atoms with Gasteiger partial charge in [-0.3, -0.25) is 9.59 Å². The van der Waals surface area contributed by atoms with Gasteiger partial charge in [-0.15, -0.1) is 10.2 Å². The van der Waals surface area contributed by atoms with Crippen LogP contribution in [0.4, 0.5) is 10.2 Å². The predicted octanol–water partition coefficient (Wildman–Crippen LogP) is 3.56. The number of amides is 2. The van der Waals surface area contributed by atoms with Gasteiger partial charge >= 0.3 is 0 Å². The Morgan fingerprint density at radius 3 is 2.42 bits per heavy atom. The maximum Gasteiger partial charge on any atom is 0.257 e. The van der Waals surface area contributed by atoms with Gasteiger partial charge in [0.15, 0.2) is 5.82 Å². The Morgan fingerprint density at radius 2 is 1.76 bits per heavy atom. The second kappa shape index (κ2) is 11.7. The van der Waals surface area contributed by atoms with Crippen LogP contribution in [0.5, 0.6) is 0 Å². The van der Waals surface area contributed by atoms with E-state index < -0.39 is 11.7 Å². The molecule has 198 valence electrons. The summed E-state index contributed by atoms with van der Waals surface area (Å²) in [7, 11) is 0. The molecule has 3 aromatic rings. The molecular formula is C29H32FN5O3. The minimum absolute atomic E-state index is 0.0317. The summed E-state index contributed by atoms with van der Waals surface area (Å²) in [6.45, 7) is 5.06. The summed E-state index contributed by atoms with van der Waals surface area (Å²) in [6, 6.07) is 17.9. The molecule has 3 heterocycles. The topological polar surface area (TPSA) is 78.9 Å². The van der Waals surface area contributed by atoms with E-state index >= 15 is 0 Å². The molecule has 5 rings (SSSR count). The zero-order valence-corrected chi connectivity index (χ0v) is 21.6. The summed E-state index contributed by atoms with van der Waals surface area (Å²) in [5, 5.41) is 8.80. The van der Waals surface area contributed by atoms with Crippen LogP contribution in [0, 0.1) is 12.7 Å². The first-order valence-corrected chi connectivity index (χ1v) is 13.1. The van der Waals surface area contributed by atoms with Crippen molar-refractivity contribution >= 4 is 17.6 Å². The maximum absolute atomic E-state index is 14.4. The van der Waals surface area contributed by atoms with Crippen LogP contribution in [-0.4, -0.2) is 83.8 Å². The molecule has 1 aromatic heterocycles. The lowest BCUT2D eigenvalue weighted by Crippen LogP contribution is -2.52. The number of nitrogens with zero attached hydrogens (tertiary/aromatic N) is 5. The van der Waals surface area contributed by atoms with Gasteiger partial charge in [-0.25, -0.2) is 4.39 Å². The second-order valence-corrected chi connectivity index (χ2v) is 9.81. The van der Waals surface area contributed by atoms with E-state index in [1.807, 2.05) is 43.3 Å². The molecule has 9 heteroatoms. The number of hydrogen-bond acceptors (Lipinski definition) is 6. The van der Waals surface area contributed by atoms with Gasteiger partial charge in [0.1, 0.15) is 12.4 Å². The van der Waals surface area contributed by atoms with Gasteiger partial charge in [-0.2, -0.15) is 0 Å². The second-order valence-electron chi connectivity index (χ2n) is 9.81. The summed E-state index contributed by atoms with van der Waals surface area (Å²) in [4.78, 5) is 31.7. The van der Waals surface area contributed by atoms with Crippen LogP contribution in [0.15, 0.2) is 60.7 Å². The molecule has 2 aliphatic heterocycles. The molecule has 2 aliphatic rings. The normalized spacial score (nSPS) is 17.5. The molecule has 0 radical (unpaired) electrons. The van der Waals surface area contributed by atoms with Crippen LogP contribution < -0.4 is 4.90 Å². The molecule has 0 saturated carbocycles. The number of halogens is 1. The number of hydrogen-bond donors (Lipinski definition) is 0. The quantitative estimate of drug-likeness (QED) is 0.477. The fourth-order valence-corrected chi connectivity index (χ4v) is 4.88. The van der Waals surface area contributed by atoms with Crippen LogP contribution in [-0.2, 0) is 9.53 Å². The number of aromatic nitrogens is 2. The Kier molecular flexibility index (Phi) is 7.93. The van der Waals surface area contributed by atoms with Crippen LogP contribution in [0.25, 0.3) is 11.3 Å². The first-order valence-electron chi connectivity index (χ1n) is 13.1. The van der Waals surface area contributed by atoms with E-state index in [-0.39, 0.29) is 30.7 Å². The number of aryl methyl sites for hydroxylation is 1. The van der Waals surface area contributed by atoms with E-state index in [0.29, 0.717) is 32.8 Å². The van der Waals surface area contributed by atoms with Crippen molar-refractivity contribution in [1.29, 1.82) is 0 Å². The van der Waals surface area contributed by atoms with Crippen molar-refractivity contribution in [3.63, 3.8) is 0 Å². The SMILES string of the molecule is Cc1ccc(-c2ccc(N3CCN(C(=O)CN(C[C@@H]4CCCO4)C(=O)c4ccccc4F)CC3)nn2)cc1. The highest BCUT2D eigenvalue weighted by Gasteiger charge is 2.29. The number of rotatable bonds is 7.